The number of para-hydroxylation sites is 1. The third-order valence-corrected chi connectivity index (χ3v) is 5.02. The molecule has 4 aromatic rings. The Kier molecular flexibility index (Phi) is 6.63. The van der Waals surface area contributed by atoms with E-state index in [0.29, 0.717) is 22.8 Å². The number of methoxy groups -OCH3 is 2. The van der Waals surface area contributed by atoms with Gasteiger partial charge in [-0.25, -0.2) is 19.1 Å². The van der Waals surface area contributed by atoms with Gasteiger partial charge in [0, 0.05) is 5.56 Å². The van der Waals surface area contributed by atoms with Crippen LogP contribution in [0.2, 0.25) is 0 Å². The van der Waals surface area contributed by atoms with E-state index in [4.69, 9.17) is 23.7 Å². The number of carboxylic acids is 1. The molecular weight excluding hydrogens is 456 g/mol. The Balaban J connectivity index is 1.76. The Hall–Kier alpha value is -4.86. The van der Waals surface area contributed by atoms with Crippen molar-refractivity contribution in [2.45, 2.75) is 6.61 Å². The van der Waals surface area contributed by atoms with E-state index >= 15 is 0 Å². The summed E-state index contributed by atoms with van der Waals surface area (Å²) in [5.41, 5.74) is 1.08. The lowest BCUT2D eigenvalue weighted by Gasteiger charge is -2.07. The number of aromatic carboxylic acids is 1. The number of hydrogen-bond donors (Lipinski definition) is 1. The zero-order valence-corrected chi connectivity index (χ0v) is 18.8. The molecule has 0 spiro atoms. The molecule has 2 heterocycles. The molecule has 10 heteroatoms. The quantitative estimate of drug-likeness (QED) is 0.375. The fourth-order valence-corrected chi connectivity index (χ4v) is 3.41. The molecule has 0 saturated heterocycles. The van der Waals surface area contributed by atoms with Gasteiger partial charge in [-0.05, 0) is 36.4 Å². The number of nitrogens with zero attached hydrogens (tertiary/aromatic N) is 2. The molecule has 0 bridgehead atoms. The molecule has 35 heavy (non-hydrogen) atoms. The Morgan fingerprint density at radius 3 is 2.34 bits per heavy atom. The smallest absolute Gasteiger partial charge is 0.371 e. The molecule has 0 aliphatic heterocycles. The number of furan rings is 1. The second kappa shape index (κ2) is 9.96. The summed E-state index contributed by atoms with van der Waals surface area (Å²) in [5.74, 6) is -2.16. The molecule has 0 radical (unpaired) electrons. The van der Waals surface area contributed by atoms with Crippen molar-refractivity contribution in [2.75, 3.05) is 14.2 Å². The average molecular weight is 476 g/mol. The third-order valence-electron chi connectivity index (χ3n) is 5.02. The van der Waals surface area contributed by atoms with Crippen LogP contribution in [0, 0.1) is 0 Å². The van der Waals surface area contributed by atoms with Gasteiger partial charge in [0.2, 0.25) is 5.76 Å². The zero-order valence-electron chi connectivity index (χ0n) is 18.8. The van der Waals surface area contributed by atoms with Gasteiger partial charge in [0.1, 0.15) is 29.4 Å². The summed E-state index contributed by atoms with van der Waals surface area (Å²) in [5, 5.41) is 13.5. The van der Waals surface area contributed by atoms with Crippen molar-refractivity contribution in [2.24, 2.45) is 0 Å². The van der Waals surface area contributed by atoms with E-state index in [1.54, 1.807) is 48.5 Å². The number of hydrogen-bond acceptors (Lipinski definition) is 8. The molecule has 0 atom stereocenters. The van der Waals surface area contributed by atoms with Crippen LogP contribution in [0.1, 0.15) is 37.2 Å². The topological polar surface area (TPSA) is 130 Å². The van der Waals surface area contributed by atoms with Crippen molar-refractivity contribution >= 4 is 17.9 Å². The lowest BCUT2D eigenvalue weighted by molar-refractivity contribution is 0.0549. The predicted octanol–water partition coefficient (Wildman–Crippen LogP) is 3.98. The minimum Gasteiger partial charge on any atom is -0.486 e. The van der Waals surface area contributed by atoms with Crippen LogP contribution in [0.25, 0.3) is 16.9 Å². The van der Waals surface area contributed by atoms with E-state index in [1.165, 1.54) is 31.0 Å². The van der Waals surface area contributed by atoms with Crippen LogP contribution in [-0.2, 0) is 16.1 Å². The highest BCUT2D eigenvalue weighted by molar-refractivity contribution is 6.06. The van der Waals surface area contributed by atoms with Crippen LogP contribution >= 0.6 is 0 Å². The largest absolute Gasteiger partial charge is 0.486 e. The summed E-state index contributed by atoms with van der Waals surface area (Å²) in [6.45, 7) is -0.0214. The fourth-order valence-electron chi connectivity index (χ4n) is 3.41. The SMILES string of the molecule is COC(=O)c1c(-c2cccc(OCc3ccc(C(=O)O)o3)c2)nn(-c2ccccc2)c1C(=O)OC. The third kappa shape index (κ3) is 4.76. The van der Waals surface area contributed by atoms with Crippen LogP contribution in [0.5, 0.6) is 5.75 Å². The molecule has 10 nitrogen and oxygen atoms in total. The predicted molar refractivity (Wildman–Crippen MR) is 122 cm³/mol. The van der Waals surface area contributed by atoms with Crippen molar-refractivity contribution in [1.82, 2.24) is 9.78 Å². The van der Waals surface area contributed by atoms with Crippen LogP contribution in [-0.4, -0.2) is 47.0 Å². The van der Waals surface area contributed by atoms with Crippen LogP contribution in [0.3, 0.4) is 0 Å². The molecule has 0 aliphatic carbocycles. The van der Waals surface area contributed by atoms with E-state index in [9.17, 15) is 14.4 Å². The number of carbonyl (C=O) groups excluding carboxylic acids is 2. The maximum atomic E-state index is 12.8. The Morgan fingerprint density at radius 1 is 0.943 bits per heavy atom. The maximum Gasteiger partial charge on any atom is 0.371 e. The summed E-state index contributed by atoms with van der Waals surface area (Å²) in [4.78, 5) is 36.5. The molecule has 4 rings (SSSR count). The van der Waals surface area contributed by atoms with E-state index in [2.05, 4.69) is 5.10 Å². The normalized spacial score (nSPS) is 10.6. The minimum atomic E-state index is -1.18. The second-order valence-corrected chi connectivity index (χ2v) is 7.19. The van der Waals surface area contributed by atoms with E-state index in [1.807, 2.05) is 6.07 Å². The zero-order chi connectivity index (χ0) is 24.9. The summed E-state index contributed by atoms with van der Waals surface area (Å²) < 4.78 is 22.1. The Morgan fingerprint density at radius 2 is 1.69 bits per heavy atom. The number of carbonyl (C=O) groups is 3. The molecule has 0 aliphatic rings. The first-order chi connectivity index (χ1) is 16.9. The monoisotopic (exact) mass is 476 g/mol. The number of carboxylic acid groups (broad SMARTS) is 1. The van der Waals surface area contributed by atoms with Crippen molar-refractivity contribution in [3.8, 4) is 22.7 Å². The average Bonchev–Trinajstić information content (AvgIpc) is 3.53. The highest BCUT2D eigenvalue weighted by atomic mass is 16.5. The van der Waals surface area contributed by atoms with Crippen LogP contribution < -0.4 is 4.74 Å². The van der Waals surface area contributed by atoms with E-state index in [0.717, 1.165) is 0 Å². The first-order valence-corrected chi connectivity index (χ1v) is 10.3. The fraction of sp³-hybridized carbons (Fsp3) is 0.120. The van der Waals surface area contributed by atoms with Gasteiger partial charge in [-0.1, -0.05) is 30.3 Å². The van der Waals surface area contributed by atoms with Crippen LogP contribution in [0.4, 0.5) is 0 Å². The number of aromatic nitrogens is 2. The number of rotatable bonds is 8. The van der Waals surface area contributed by atoms with Gasteiger partial charge in [0.15, 0.2) is 5.69 Å². The van der Waals surface area contributed by atoms with Crippen molar-refractivity contribution in [3.05, 3.63) is 89.5 Å². The van der Waals surface area contributed by atoms with Gasteiger partial charge >= 0.3 is 17.9 Å². The summed E-state index contributed by atoms with van der Waals surface area (Å²) in [7, 11) is 2.42. The number of esters is 2. The highest BCUT2D eigenvalue weighted by Gasteiger charge is 2.31. The first-order valence-electron chi connectivity index (χ1n) is 10.3. The van der Waals surface area contributed by atoms with Gasteiger partial charge in [-0.3, -0.25) is 0 Å². The summed E-state index contributed by atoms with van der Waals surface area (Å²) >= 11 is 0. The first kappa shape index (κ1) is 23.3. The maximum absolute atomic E-state index is 12.8. The van der Waals surface area contributed by atoms with Gasteiger partial charge in [0.25, 0.3) is 0 Å². The second-order valence-electron chi connectivity index (χ2n) is 7.19. The molecule has 0 fully saturated rings. The van der Waals surface area contributed by atoms with Gasteiger partial charge in [-0.2, -0.15) is 5.10 Å². The molecule has 178 valence electrons. The molecule has 1 N–H and O–H groups in total. The van der Waals surface area contributed by atoms with Crippen molar-refractivity contribution in [1.29, 1.82) is 0 Å². The molecule has 2 aromatic heterocycles. The van der Waals surface area contributed by atoms with E-state index in [-0.39, 0.29) is 29.3 Å². The number of ether oxygens (including phenoxy) is 3. The molecular formula is C25H20N2O8. The molecule has 0 amide bonds. The van der Waals surface area contributed by atoms with Gasteiger partial charge in [0.05, 0.1) is 19.9 Å². The van der Waals surface area contributed by atoms with Gasteiger partial charge in [-0.15, -0.1) is 0 Å². The van der Waals surface area contributed by atoms with E-state index < -0.39 is 17.9 Å². The number of benzene rings is 2. The van der Waals surface area contributed by atoms with Crippen molar-refractivity contribution < 1.29 is 38.1 Å². The van der Waals surface area contributed by atoms with Crippen LogP contribution in [0.15, 0.2) is 71.1 Å². The lowest BCUT2D eigenvalue weighted by atomic mass is 10.1. The van der Waals surface area contributed by atoms with Gasteiger partial charge < -0.3 is 23.7 Å². The molecule has 0 saturated carbocycles. The summed E-state index contributed by atoms with van der Waals surface area (Å²) in [6, 6.07) is 18.4. The summed E-state index contributed by atoms with van der Waals surface area (Å²) in [6.07, 6.45) is 0. The minimum absolute atomic E-state index is 0.0214. The lowest BCUT2D eigenvalue weighted by Crippen LogP contribution is -2.15. The Bertz CT molecular complexity index is 1390. The standard InChI is InChI=1S/C25H20N2O8/c1-32-24(30)20-21(26-27(22(20)25(31)33-2)16-8-4-3-5-9-16)15-7-6-10-17(13-15)34-14-18-11-12-19(35-18)23(28)29/h3-13H,14H2,1-2H3,(H,28,29). The van der Waals surface area contributed by atoms with Crippen molar-refractivity contribution in [3.63, 3.8) is 0 Å². The molecule has 2 aromatic carbocycles. The highest BCUT2D eigenvalue weighted by Crippen LogP contribution is 2.31. The molecule has 0 unspecified atom stereocenters. The Labute approximate surface area is 199 Å².